The highest BCUT2D eigenvalue weighted by atomic mass is 32.2. The lowest BCUT2D eigenvalue weighted by atomic mass is 9.79. The molecule has 0 aliphatic carbocycles. The van der Waals surface area contributed by atoms with E-state index >= 15 is 0 Å². The van der Waals surface area contributed by atoms with Gasteiger partial charge in [-0.2, -0.15) is 11.8 Å². The molecule has 17 heavy (non-hydrogen) atoms. The van der Waals surface area contributed by atoms with Crippen molar-refractivity contribution in [2.75, 3.05) is 18.6 Å². The summed E-state index contributed by atoms with van der Waals surface area (Å²) in [5.41, 5.74) is 0. The molecule has 0 aromatic carbocycles. The van der Waals surface area contributed by atoms with E-state index in [1.807, 2.05) is 6.26 Å². The molecule has 96 valence electrons. The van der Waals surface area contributed by atoms with E-state index in [9.17, 15) is 9.59 Å². The lowest BCUT2D eigenvalue weighted by Gasteiger charge is -2.22. The number of aliphatic carboxylic acids is 1. The number of fused-ring (bicyclic) bond motifs is 2. The second-order valence-electron chi connectivity index (χ2n) is 4.34. The van der Waals surface area contributed by atoms with Crippen molar-refractivity contribution >= 4 is 23.7 Å². The second kappa shape index (κ2) is 5.27. The molecule has 6 heteroatoms. The highest BCUT2D eigenvalue weighted by Crippen LogP contribution is 2.44. The highest BCUT2D eigenvalue weighted by Gasteiger charge is 2.56. The van der Waals surface area contributed by atoms with Gasteiger partial charge in [-0.25, -0.2) is 0 Å². The van der Waals surface area contributed by atoms with Crippen molar-refractivity contribution in [1.82, 2.24) is 0 Å². The Kier molecular flexibility index (Phi) is 3.93. The van der Waals surface area contributed by atoms with Crippen molar-refractivity contribution in [1.29, 1.82) is 0 Å². The Bertz CT molecular complexity index is 319. The summed E-state index contributed by atoms with van der Waals surface area (Å²) in [6.45, 7) is 0.334. The van der Waals surface area contributed by atoms with Crippen LogP contribution < -0.4 is 0 Å². The summed E-state index contributed by atoms with van der Waals surface area (Å²) in [4.78, 5) is 23.0. The van der Waals surface area contributed by atoms with Crippen LogP contribution in [0.5, 0.6) is 0 Å². The number of thioether (sulfide) groups is 1. The van der Waals surface area contributed by atoms with E-state index in [1.54, 1.807) is 11.8 Å². The Hall–Kier alpha value is -0.750. The maximum atomic E-state index is 11.9. The molecule has 0 saturated carbocycles. The molecule has 1 N–H and O–H groups in total. The molecule has 0 unspecified atom stereocenters. The van der Waals surface area contributed by atoms with Gasteiger partial charge < -0.3 is 14.6 Å². The Labute approximate surface area is 104 Å². The van der Waals surface area contributed by atoms with Crippen LogP contribution in [0.25, 0.3) is 0 Å². The van der Waals surface area contributed by atoms with Gasteiger partial charge in [-0.15, -0.1) is 0 Å². The summed E-state index contributed by atoms with van der Waals surface area (Å²) in [5, 5.41) is 9.13. The van der Waals surface area contributed by atoms with Gasteiger partial charge in [-0.1, -0.05) is 0 Å². The minimum Gasteiger partial charge on any atom is -0.481 e. The summed E-state index contributed by atoms with van der Waals surface area (Å²) in [7, 11) is 0. The van der Waals surface area contributed by atoms with Crippen LogP contribution in [0.3, 0.4) is 0 Å². The number of carboxylic acid groups (broad SMARTS) is 1. The van der Waals surface area contributed by atoms with Gasteiger partial charge in [-0.05, 0) is 19.1 Å². The van der Waals surface area contributed by atoms with Crippen molar-refractivity contribution in [2.45, 2.75) is 25.0 Å². The van der Waals surface area contributed by atoms with Crippen molar-refractivity contribution < 1.29 is 24.2 Å². The molecule has 2 fully saturated rings. The van der Waals surface area contributed by atoms with Crippen LogP contribution in [0.1, 0.15) is 12.8 Å². The minimum atomic E-state index is -0.955. The van der Waals surface area contributed by atoms with Gasteiger partial charge in [0.25, 0.3) is 0 Å². The smallest absolute Gasteiger partial charge is 0.312 e. The van der Waals surface area contributed by atoms with Crippen LogP contribution in [0.15, 0.2) is 0 Å². The van der Waals surface area contributed by atoms with E-state index in [2.05, 4.69) is 0 Å². The molecular weight excluding hydrogens is 244 g/mol. The first-order valence-corrected chi connectivity index (χ1v) is 7.08. The molecule has 2 aliphatic rings. The van der Waals surface area contributed by atoms with Crippen LogP contribution in [-0.4, -0.2) is 47.9 Å². The van der Waals surface area contributed by atoms with Crippen LogP contribution >= 0.6 is 11.8 Å². The predicted octanol–water partition coefficient (Wildman–Crippen LogP) is 0.771. The number of esters is 1. The SMILES string of the molecule is CSCCOC(=O)[C@H]1[C@@H](C(=O)O)[C@@H]2CC[C@@H]1O2. The zero-order valence-electron chi connectivity index (χ0n) is 9.63. The summed E-state index contributed by atoms with van der Waals surface area (Å²) >= 11 is 1.58. The van der Waals surface area contributed by atoms with E-state index in [1.165, 1.54) is 0 Å². The zero-order chi connectivity index (χ0) is 12.4. The average molecular weight is 260 g/mol. The summed E-state index contributed by atoms with van der Waals surface area (Å²) in [6.07, 6.45) is 2.85. The van der Waals surface area contributed by atoms with E-state index in [0.717, 1.165) is 18.6 Å². The van der Waals surface area contributed by atoms with E-state index in [-0.39, 0.29) is 12.2 Å². The molecule has 5 nitrogen and oxygen atoms in total. The molecule has 4 atom stereocenters. The molecule has 2 aliphatic heterocycles. The van der Waals surface area contributed by atoms with Crippen molar-refractivity contribution in [3.8, 4) is 0 Å². The number of carbonyl (C=O) groups excluding carboxylic acids is 1. The molecule has 0 aromatic heterocycles. The molecule has 2 bridgehead atoms. The molecule has 0 aromatic rings. The van der Waals surface area contributed by atoms with Crippen molar-refractivity contribution in [2.24, 2.45) is 11.8 Å². The van der Waals surface area contributed by atoms with Gasteiger partial charge in [0, 0.05) is 5.75 Å². The standard InChI is InChI=1S/C11H16O5S/c1-17-5-4-15-11(14)9-7-3-2-6(16-7)8(9)10(12)13/h6-9H,2-5H2,1H3,(H,12,13)/t6-,7-,8-,9+/m0/s1. The Morgan fingerprint density at radius 1 is 1.35 bits per heavy atom. The fourth-order valence-electron chi connectivity index (χ4n) is 2.61. The average Bonchev–Trinajstić information content (AvgIpc) is 2.88. The number of carbonyl (C=O) groups is 2. The van der Waals surface area contributed by atoms with Crippen LogP contribution in [0.2, 0.25) is 0 Å². The topological polar surface area (TPSA) is 72.8 Å². The van der Waals surface area contributed by atoms with Gasteiger partial charge in [-0.3, -0.25) is 9.59 Å². The van der Waals surface area contributed by atoms with Gasteiger partial charge in [0.1, 0.15) is 6.61 Å². The minimum absolute atomic E-state index is 0.261. The Morgan fingerprint density at radius 2 is 2.00 bits per heavy atom. The van der Waals surface area contributed by atoms with Crippen molar-refractivity contribution in [3.05, 3.63) is 0 Å². The molecule has 2 heterocycles. The van der Waals surface area contributed by atoms with E-state index < -0.39 is 23.8 Å². The monoisotopic (exact) mass is 260 g/mol. The largest absolute Gasteiger partial charge is 0.481 e. The maximum absolute atomic E-state index is 11.9. The number of ether oxygens (including phenoxy) is 2. The first kappa shape index (κ1) is 12.7. The lowest BCUT2D eigenvalue weighted by Crippen LogP contribution is -2.39. The van der Waals surface area contributed by atoms with Gasteiger partial charge >= 0.3 is 11.9 Å². The molecule has 0 spiro atoms. The Morgan fingerprint density at radius 3 is 2.59 bits per heavy atom. The third-order valence-electron chi connectivity index (χ3n) is 3.36. The van der Waals surface area contributed by atoms with Crippen molar-refractivity contribution in [3.63, 3.8) is 0 Å². The highest BCUT2D eigenvalue weighted by molar-refractivity contribution is 7.98. The quantitative estimate of drug-likeness (QED) is 0.581. The van der Waals surface area contributed by atoms with Crippen LogP contribution in [0.4, 0.5) is 0 Å². The van der Waals surface area contributed by atoms with Gasteiger partial charge in [0.05, 0.1) is 24.0 Å². The first-order chi connectivity index (χ1) is 8.15. The summed E-state index contributed by atoms with van der Waals surface area (Å²) in [5.74, 6) is -1.99. The normalized spacial score (nSPS) is 34.9. The number of hydrogen-bond donors (Lipinski definition) is 1. The lowest BCUT2D eigenvalue weighted by molar-refractivity contribution is -0.157. The second-order valence-corrected chi connectivity index (χ2v) is 5.33. The van der Waals surface area contributed by atoms with Crippen LogP contribution in [-0.2, 0) is 19.1 Å². The first-order valence-electron chi connectivity index (χ1n) is 5.69. The van der Waals surface area contributed by atoms with E-state index in [4.69, 9.17) is 14.6 Å². The van der Waals surface area contributed by atoms with Crippen LogP contribution in [0, 0.1) is 11.8 Å². The maximum Gasteiger partial charge on any atom is 0.312 e. The molecule has 0 amide bonds. The third kappa shape index (κ3) is 2.42. The number of carboxylic acids is 1. The fourth-order valence-corrected chi connectivity index (χ4v) is 2.86. The Balaban J connectivity index is 1.98. The molecule has 2 rings (SSSR count). The third-order valence-corrected chi connectivity index (χ3v) is 3.94. The molecule has 2 saturated heterocycles. The zero-order valence-corrected chi connectivity index (χ0v) is 10.4. The summed E-state index contributed by atoms with van der Waals surface area (Å²) in [6, 6.07) is 0. The predicted molar refractivity (Wildman–Crippen MR) is 61.9 cm³/mol. The summed E-state index contributed by atoms with van der Waals surface area (Å²) < 4.78 is 10.6. The number of rotatable bonds is 5. The number of hydrogen-bond acceptors (Lipinski definition) is 5. The van der Waals surface area contributed by atoms with Gasteiger partial charge in [0.15, 0.2) is 0 Å². The molecular formula is C11H16O5S. The van der Waals surface area contributed by atoms with Gasteiger partial charge in [0.2, 0.25) is 0 Å². The van der Waals surface area contributed by atoms with E-state index in [0.29, 0.717) is 6.61 Å². The fraction of sp³-hybridized carbons (Fsp3) is 0.818. The molecule has 0 radical (unpaired) electrons.